The highest BCUT2D eigenvalue weighted by Gasteiger charge is 2.31. The van der Waals surface area contributed by atoms with Crippen molar-refractivity contribution in [1.82, 2.24) is 0 Å². The second kappa shape index (κ2) is 14.9. The van der Waals surface area contributed by atoms with Gasteiger partial charge in [-0.25, -0.2) is 4.79 Å². The van der Waals surface area contributed by atoms with Crippen molar-refractivity contribution in [1.29, 1.82) is 0 Å². The third kappa shape index (κ3) is 8.09. The number of benzene rings is 4. The largest absolute Gasteiger partial charge is 0.489 e. The topological polar surface area (TPSA) is 157 Å². The number of ether oxygens (including phenoxy) is 4. The molecule has 0 saturated carbocycles. The van der Waals surface area contributed by atoms with Crippen LogP contribution in [0.4, 0.5) is 5.69 Å². The van der Waals surface area contributed by atoms with Crippen LogP contribution in [0.25, 0.3) is 0 Å². The van der Waals surface area contributed by atoms with Crippen LogP contribution in [0.3, 0.4) is 0 Å². The Morgan fingerprint density at radius 1 is 0.783 bits per heavy atom. The van der Waals surface area contributed by atoms with Gasteiger partial charge in [0.2, 0.25) is 0 Å². The van der Waals surface area contributed by atoms with E-state index >= 15 is 0 Å². The minimum Gasteiger partial charge on any atom is -0.489 e. The van der Waals surface area contributed by atoms with Gasteiger partial charge in [-0.15, -0.1) is 0 Å². The lowest BCUT2D eigenvalue weighted by molar-refractivity contribution is -0.147. The maximum atomic E-state index is 13.6. The van der Waals surface area contributed by atoms with E-state index in [4.69, 9.17) is 30.4 Å². The van der Waals surface area contributed by atoms with E-state index in [1.807, 2.05) is 60.7 Å². The molecule has 4 aromatic carbocycles. The molecule has 236 valence electrons. The first kappa shape index (κ1) is 31.8. The van der Waals surface area contributed by atoms with Gasteiger partial charge in [-0.05, 0) is 53.8 Å². The van der Waals surface area contributed by atoms with Gasteiger partial charge in [-0.2, -0.15) is 0 Å². The van der Waals surface area contributed by atoms with Crippen molar-refractivity contribution in [3.05, 3.63) is 124 Å². The number of carbonyl (C=O) groups is 4. The molecule has 1 heterocycles. The highest BCUT2D eigenvalue weighted by molar-refractivity contribution is 5.98. The van der Waals surface area contributed by atoms with E-state index in [0.29, 0.717) is 29.7 Å². The smallest absolute Gasteiger partial charge is 0.343 e. The fourth-order valence-corrected chi connectivity index (χ4v) is 5.23. The van der Waals surface area contributed by atoms with Crippen LogP contribution in [0, 0.1) is 0 Å². The molecule has 1 amide bonds. The first-order chi connectivity index (χ1) is 22.3. The molecule has 0 aromatic heterocycles. The zero-order valence-electron chi connectivity index (χ0n) is 25.1. The Bertz CT molecular complexity index is 1670. The molecule has 0 unspecified atom stereocenters. The van der Waals surface area contributed by atoms with Crippen molar-refractivity contribution < 1.29 is 38.1 Å². The minimum absolute atomic E-state index is 0.0123. The van der Waals surface area contributed by atoms with Crippen molar-refractivity contribution in [2.75, 3.05) is 12.3 Å². The number of carbonyl (C=O) groups excluding carboxylic acids is 4. The van der Waals surface area contributed by atoms with Gasteiger partial charge in [0, 0.05) is 17.2 Å². The summed E-state index contributed by atoms with van der Waals surface area (Å²) in [6.07, 6.45) is 0.437. The van der Waals surface area contributed by atoms with Crippen molar-refractivity contribution in [3.63, 3.8) is 0 Å². The van der Waals surface area contributed by atoms with E-state index in [1.54, 1.807) is 18.2 Å². The van der Waals surface area contributed by atoms with E-state index < -0.39 is 29.7 Å². The average molecular weight is 623 g/mol. The average Bonchev–Trinajstić information content (AvgIpc) is 3.05. The van der Waals surface area contributed by atoms with Crippen molar-refractivity contribution in [2.45, 2.75) is 44.8 Å². The Balaban J connectivity index is 1.50. The summed E-state index contributed by atoms with van der Waals surface area (Å²) in [5.41, 5.74) is 15.0. The Morgan fingerprint density at radius 3 is 1.98 bits per heavy atom. The van der Waals surface area contributed by atoms with Gasteiger partial charge < -0.3 is 30.4 Å². The molecule has 4 aromatic rings. The highest BCUT2D eigenvalue weighted by Crippen LogP contribution is 2.42. The molecule has 4 N–H and O–H groups in total. The molecule has 0 aliphatic carbocycles. The quantitative estimate of drug-likeness (QED) is 0.137. The Kier molecular flexibility index (Phi) is 10.3. The number of rotatable bonds is 10. The fourth-order valence-electron chi connectivity index (χ4n) is 5.23. The summed E-state index contributed by atoms with van der Waals surface area (Å²) in [6.45, 7) is 0.217. The molecule has 1 aliphatic heterocycles. The summed E-state index contributed by atoms with van der Waals surface area (Å²) in [7, 11) is 0. The van der Waals surface area contributed by atoms with Crippen LogP contribution in [0.1, 0.15) is 68.2 Å². The van der Waals surface area contributed by atoms with Crippen LogP contribution in [0.2, 0.25) is 0 Å². The lowest BCUT2D eigenvalue weighted by atomic mass is 9.90. The number of amides is 1. The van der Waals surface area contributed by atoms with Gasteiger partial charge in [0.25, 0.3) is 5.91 Å². The first-order valence-electron chi connectivity index (χ1n) is 14.9. The number of fused-ring (bicyclic) bond motifs is 2. The third-order valence-corrected chi connectivity index (χ3v) is 7.54. The molecule has 10 heteroatoms. The molecule has 0 spiro atoms. The molecule has 0 saturated heterocycles. The molecule has 5 rings (SSSR count). The van der Waals surface area contributed by atoms with Crippen LogP contribution in [0.5, 0.6) is 11.5 Å². The van der Waals surface area contributed by atoms with Gasteiger partial charge in [0.1, 0.15) is 13.2 Å². The van der Waals surface area contributed by atoms with E-state index in [-0.39, 0.29) is 55.3 Å². The molecular formula is C36H34N2O8. The van der Waals surface area contributed by atoms with E-state index in [1.165, 1.54) is 12.1 Å². The van der Waals surface area contributed by atoms with Crippen LogP contribution in [-0.4, -0.2) is 30.4 Å². The minimum atomic E-state index is -0.882. The van der Waals surface area contributed by atoms with Gasteiger partial charge in [0.05, 0.1) is 30.6 Å². The normalized spacial score (nSPS) is 12.6. The van der Waals surface area contributed by atoms with Crippen molar-refractivity contribution >= 4 is 29.5 Å². The SMILES string of the molecule is NC(=O)c1ccc(C(CC(=O)OCc2ccccc2)CC(=O)OCc2ccccc2)c2c1OCCCc1cc(N)ccc1C(=O)O2. The second-order valence-corrected chi connectivity index (χ2v) is 10.9. The standard InChI is InChI=1S/C36H34N2O8/c37-27-13-14-29-25(18-27)12-7-17-43-33-30(35(38)41)16-15-28(34(33)46-36(29)42)26(19-31(39)44-21-23-8-3-1-4-9-23)20-32(40)45-22-24-10-5-2-6-11-24/h1-6,8-11,13-16,18,26H,7,12,17,19-22,37H2,(H2,38,41). The zero-order valence-corrected chi connectivity index (χ0v) is 25.1. The van der Waals surface area contributed by atoms with Crippen LogP contribution in [0.15, 0.2) is 91.0 Å². The predicted molar refractivity (Wildman–Crippen MR) is 169 cm³/mol. The van der Waals surface area contributed by atoms with Gasteiger partial charge in [-0.3, -0.25) is 14.4 Å². The number of hydrogen-bond donors (Lipinski definition) is 2. The summed E-state index contributed by atoms with van der Waals surface area (Å²) in [5.74, 6) is -3.74. The molecule has 0 bridgehead atoms. The maximum Gasteiger partial charge on any atom is 0.343 e. The van der Waals surface area contributed by atoms with Crippen LogP contribution in [-0.2, 0) is 38.7 Å². The van der Waals surface area contributed by atoms with Crippen molar-refractivity contribution in [3.8, 4) is 11.5 Å². The number of aryl methyl sites for hydroxylation is 1. The summed E-state index contributed by atoms with van der Waals surface area (Å²) >= 11 is 0. The van der Waals surface area contributed by atoms with Crippen LogP contribution < -0.4 is 20.9 Å². The Morgan fingerprint density at radius 2 is 1.39 bits per heavy atom. The molecule has 46 heavy (non-hydrogen) atoms. The molecule has 0 atom stereocenters. The maximum absolute atomic E-state index is 13.6. The molecule has 10 nitrogen and oxygen atoms in total. The fraction of sp³-hybridized carbons (Fsp3) is 0.222. The lowest BCUT2D eigenvalue weighted by Crippen LogP contribution is -2.22. The highest BCUT2D eigenvalue weighted by atomic mass is 16.6. The van der Waals surface area contributed by atoms with Gasteiger partial charge >= 0.3 is 17.9 Å². The number of primary amides is 1. The van der Waals surface area contributed by atoms with E-state index in [0.717, 1.165) is 11.1 Å². The predicted octanol–water partition coefficient (Wildman–Crippen LogP) is 5.26. The monoisotopic (exact) mass is 622 g/mol. The Hall–Kier alpha value is -5.64. The van der Waals surface area contributed by atoms with E-state index in [9.17, 15) is 19.2 Å². The molecule has 0 radical (unpaired) electrons. The Labute approximate surface area is 266 Å². The van der Waals surface area contributed by atoms with Gasteiger partial charge in [0.15, 0.2) is 11.5 Å². The number of esters is 3. The van der Waals surface area contributed by atoms with Gasteiger partial charge in [-0.1, -0.05) is 66.7 Å². The summed E-state index contributed by atoms with van der Waals surface area (Å²) in [6, 6.07) is 26.1. The van der Waals surface area contributed by atoms with Crippen LogP contribution >= 0.6 is 0 Å². The second-order valence-electron chi connectivity index (χ2n) is 10.9. The number of anilines is 1. The number of nitrogen functional groups attached to an aromatic ring is 1. The zero-order chi connectivity index (χ0) is 32.5. The molecule has 1 aliphatic rings. The lowest BCUT2D eigenvalue weighted by Gasteiger charge is -2.24. The summed E-state index contributed by atoms with van der Waals surface area (Å²) in [5, 5.41) is 0. The summed E-state index contributed by atoms with van der Waals surface area (Å²) in [4.78, 5) is 52.4. The van der Waals surface area contributed by atoms with Crippen molar-refractivity contribution in [2.24, 2.45) is 5.73 Å². The van der Waals surface area contributed by atoms with E-state index in [2.05, 4.69) is 0 Å². The molecular weight excluding hydrogens is 588 g/mol. The third-order valence-electron chi connectivity index (χ3n) is 7.54. The number of nitrogens with two attached hydrogens (primary N) is 2. The summed E-state index contributed by atoms with van der Waals surface area (Å²) < 4.78 is 23.0. The first-order valence-corrected chi connectivity index (χ1v) is 14.9. The number of hydrogen-bond acceptors (Lipinski definition) is 9. The molecule has 0 fully saturated rings.